The van der Waals surface area contributed by atoms with Crippen LogP contribution in [0.4, 0.5) is 0 Å². The minimum absolute atomic E-state index is 0.0451. The van der Waals surface area contributed by atoms with Crippen molar-refractivity contribution >= 4 is 17.8 Å². The maximum Gasteiger partial charge on any atom is 0.128 e. The van der Waals surface area contributed by atoms with Gasteiger partial charge in [0, 0.05) is 5.38 Å². The molecule has 0 amide bonds. The molecule has 0 radical (unpaired) electrons. The minimum atomic E-state index is -0.0451. The van der Waals surface area contributed by atoms with E-state index in [-0.39, 0.29) is 5.92 Å². The predicted molar refractivity (Wildman–Crippen MR) is 36.6 cm³/mol. The van der Waals surface area contributed by atoms with Crippen LogP contribution in [-0.2, 0) is 4.79 Å². The summed E-state index contributed by atoms with van der Waals surface area (Å²) in [7, 11) is 0. The summed E-state index contributed by atoms with van der Waals surface area (Å²) in [6, 6.07) is 1.86. The molecule has 0 spiro atoms. The highest BCUT2D eigenvalue weighted by Crippen LogP contribution is 2.10. The second-order valence-electron chi connectivity index (χ2n) is 1.85. The molecule has 0 fully saturated rings. The van der Waals surface area contributed by atoms with E-state index in [1.54, 1.807) is 0 Å². The normalized spacial score (nSPS) is 13.0. The Labute approximate surface area is 57.7 Å². The van der Waals surface area contributed by atoms with Gasteiger partial charge in [0.2, 0.25) is 0 Å². The first-order chi connectivity index (χ1) is 4.34. The number of hydrogen-bond donors (Lipinski definition) is 0. The second kappa shape index (κ2) is 2.73. The highest BCUT2D eigenvalue weighted by molar-refractivity contribution is 7.03. The minimum Gasteiger partial charge on any atom is -0.303 e. The Morgan fingerprint density at radius 3 is 3.11 bits per heavy atom. The van der Waals surface area contributed by atoms with Crippen molar-refractivity contribution in [3.05, 3.63) is 17.1 Å². The van der Waals surface area contributed by atoms with Crippen molar-refractivity contribution in [2.24, 2.45) is 0 Å². The molecule has 0 aromatic carbocycles. The monoisotopic (exact) mass is 141 g/mol. The Hall–Kier alpha value is -0.700. The molecule has 1 heterocycles. The molecule has 2 nitrogen and oxygen atoms in total. The topological polar surface area (TPSA) is 30.0 Å². The van der Waals surface area contributed by atoms with Gasteiger partial charge in [-0.2, -0.15) is 4.37 Å². The fraction of sp³-hybridized carbons (Fsp3) is 0.333. The third-order valence-electron chi connectivity index (χ3n) is 1.13. The average molecular weight is 141 g/mol. The van der Waals surface area contributed by atoms with E-state index >= 15 is 0 Å². The van der Waals surface area contributed by atoms with Gasteiger partial charge in [-0.1, -0.05) is 6.92 Å². The third-order valence-corrected chi connectivity index (χ3v) is 1.70. The van der Waals surface area contributed by atoms with Crippen molar-refractivity contribution in [2.45, 2.75) is 12.8 Å². The molecular weight excluding hydrogens is 134 g/mol. The summed E-state index contributed by atoms with van der Waals surface area (Å²) in [5, 5.41) is 1.87. The molecule has 1 atom stereocenters. The molecule has 3 heteroatoms. The lowest BCUT2D eigenvalue weighted by molar-refractivity contribution is -0.108. The first-order valence-electron chi connectivity index (χ1n) is 2.70. The summed E-state index contributed by atoms with van der Waals surface area (Å²) in [6.45, 7) is 1.84. The summed E-state index contributed by atoms with van der Waals surface area (Å²) in [5.41, 5.74) is 0.870. The second-order valence-corrected chi connectivity index (χ2v) is 2.51. The van der Waals surface area contributed by atoms with Crippen molar-refractivity contribution in [1.29, 1.82) is 0 Å². The lowest BCUT2D eigenvalue weighted by Gasteiger charge is -1.93. The van der Waals surface area contributed by atoms with E-state index in [9.17, 15) is 4.79 Å². The lowest BCUT2D eigenvalue weighted by atomic mass is 10.1. The van der Waals surface area contributed by atoms with Crippen LogP contribution >= 0.6 is 11.5 Å². The van der Waals surface area contributed by atoms with Crippen LogP contribution in [0.5, 0.6) is 0 Å². The molecule has 9 heavy (non-hydrogen) atoms. The zero-order valence-electron chi connectivity index (χ0n) is 5.07. The fourth-order valence-electron chi connectivity index (χ4n) is 0.526. The van der Waals surface area contributed by atoms with Crippen molar-refractivity contribution in [3.63, 3.8) is 0 Å². The van der Waals surface area contributed by atoms with E-state index in [2.05, 4.69) is 4.37 Å². The number of aromatic nitrogens is 1. The van der Waals surface area contributed by atoms with Crippen molar-refractivity contribution in [2.75, 3.05) is 0 Å². The molecule has 1 unspecified atom stereocenters. The maximum absolute atomic E-state index is 10.2. The largest absolute Gasteiger partial charge is 0.303 e. The molecule has 1 aromatic rings. The molecule has 0 N–H and O–H groups in total. The molecule has 0 aliphatic carbocycles. The predicted octanol–water partition coefficient (Wildman–Crippen LogP) is 1.45. The quantitative estimate of drug-likeness (QED) is 0.583. The van der Waals surface area contributed by atoms with Crippen LogP contribution < -0.4 is 0 Å². The molecular formula is C6H7NOS. The standard InChI is InChI=1S/C6H7NOS/c1-5(4-8)6-2-3-9-7-6/h2-5H,1H3. The van der Waals surface area contributed by atoms with Gasteiger partial charge in [0.15, 0.2) is 0 Å². The van der Waals surface area contributed by atoms with Crippen molar-refractivity contribution in [3.8, 4) is 0 Å². The number of nitrogens with zero attached hydrogens (tertiary/aromatic N) is 1. The van der Waals surface area contributed by atoms with Crippen LogP contribution in [0.3, 0.4) is 0 Å². The zero-order valence-corrected chi connectivity index (χ0v) is 5.89. The number of hydrogen-bond acceptors (Lipinski definition) is 3. The summed E-state index contributed by atoms with van der Waals surface area (Å²) < 4.78 is 4.00. The molecule has 48 valence electrons. The highest BCUT2D eigenvalue weighted by Gasteiger charge is 2.03. The molecule has 0 bridgehead atoms. The summed E-state index contributed by atoms with van der Waals surface area (Å²) in [4.78, 5) is 10.2. The number of rotatable bonds is 2. The highest BCUT2D eigenvalue weighted by atomic mass is 32.1. The van der Waals surface area contributed by atoms with E-state index in [0.29, 0.717) is 0 Å². The summed E-state index contributed by atoms with van der Waals surface area (Å²) in [6.07, 6.45) is 0.898. The van der Waals surface area contributed by atoms with Gasteiger partial charge in [0.1, 0.15) is 6.29 Å². The Morgan fingerprint density at radius 2 is 2.67 bits per heavy atom. The first-order valence-corrected chi connectivity index (χ1v) is 3.54. The van der Waals surface area contributed by atoms with E-state index in [1.165, 1.54) is 11.5 Å². The molecule has 0 saturated heterocycles. The number of aldehydes is 1. The zero-order chi connectivity index (χ0) is 6.69. The molecule has 1 rings (SSSR count). The van der Waals surface area contributed by atoms with Crippen LogP contribution in [0.2, 0.25) is 0 Å². The van der Waals surface area contributed by atoms with Crippen LogP contribution in [0.15, 0.2) is 11.4 Å². The molecule has 0 saturated carbocycles. The average Bonchev–Trinajstić information content (AvgIpc) is 2.37. The van der Waals surface area contributed by atoms with Gasteiger partial charge in [-0.3, -0.25) is 0 Å². The van der Waals surface area contributed by atoms with Gasteiger partial charge >= 0.3 is 0 Å². The van der Waals surface area contributed by atoms with Gasteiger partial charge in [0.25, 0.3) is 0 Å². The van der Waals surface area contributed by atoms with Gasteiger partial charge in [-0.25, -0.2) is 0 Å². The Kier molecular flexibility index (Phi) is 1.95. The van der Waals surface area contributed by atoms with Crippen molar-refractivity contribution < 1.29 is 4.79 Å². The van der Waals surface area contributed by atoms with Gasteiger partial charge < -0.3 is 4.79 Å². The van der Waals surface area contributed by atoms with Gasteiger partial charge in [-0.05, 0) is 17.6 Å². The Bertz CT molecular complexity index is 183. The van der Waals surface area contributed by atoms with Crippen LogP contribution in [0.25, 0.3) is 0 Å². The number of carbonyl (C=O) groups excluding carboxylic acids is 1. The smallest absolute Gasteiger partial charge is 0.128 e. The fourth-order valence-corrected chi connectivity index (χ4v) is 1.14. The SMILES string of the molecule is CC(C=O)c1ccsn1. The summed E-state index contributed by atoms with van der Waals surface area (Å²) in [5.74, 6) is -0.0451. The summed E-state index contributed by atoms with van der Waals surface area (Å²) >= 11 is 1.37. The van der Waals surface area contributed by atoms with Crippen molar-refractivity contribution in [1.82, 2.24) is 4.37 Å². The third kappa shape index (κ3) is 1.36. The van der Waals surface area contributed by atoms with E-state index in [1.807, 2.05) is 18.4 Å². The molecule has 0 aliphatic rings. The van der Waals surface area contributed by atoms with E-state index in [4.69, 9.17) is 0 Å². The molecule has 0 aliphatic heterocycles. The van der Waals surface area contributed by atoms with Crippen LogP contribution in [0, 0.1) is 0 Å². The maximum atomic E-state index is 10.2. The molecule has 1 aromatic heterocycles. The Morgan fingerprint density at radius 1 is 1.89 bits per heavy atom. The van der Waals surface area contributed by atoms with E-state index in [0.717, 1.165) is 12.0 Å². The van der Waals surface area contributed by atoms with Crippen LogP contribution in [-0.4, -0.2) is 10.7 Å². The first kappa shape index (κ1) is 6.42. The van der Waals surface area contributed by atoms with Gasteiger partial charge in [-0.15, -0.1) is 0 Å². The van der Waals surface area contributed by atoms with Gasteiger partial charge in [0.05, 0.1) is 11.6 Å². The van der Waals surface area contributed by atoms with E-state index < -0.39 is 0 Å². The Balaban J connectivity index is 2.76. The lowest BCUT2D eigenvalue weighted by Crippen LogP contribution is -1.92. The van der Waals surface area contributed by atoms with Crippen LogP contribution in [0.1, 0.15) is 18.5 Å². The number of carbonyl (C=O) groups is 1.